The highest BCUT2D eigenvalue weighted by molar-refractivity contribution is 7.99. The zero-order valence-electron chi connectivity index (χ0n) is 8.90. The van der Waals surface area contributed by atoms with E-state index in [1.807, 2.05) is 23.1 Å². The van der Waals surface area contributed by atoms with Gasteiger partial charge in [-0.2, -0.15) is 11.8 Å². The number of thiophene rings is 1. The van der Waals surface area contributed by atoms with E-state index in [4.69, 9.17) is 5.73 Å². The Bertz CT molecular complexity index is 233. The third-order valence-electron chi connectivity index (χ3n) is 2.35. The van der Waals surface area contributed by atoms with Crippen molar-refractivity contribution in [3.63, 3.8) is 0 Å². The van der Waals surface area contributed by atoms with Crippen molar-refractivity contribution in [2.45, 2.75) is 25.5 Å². The quantitative estimate of drug-likeness (QED) is 0.807. The summed E-state index contributed by atoms with van der Waals surface area (Å²) in [6.45, 7) is 5.30. The van der Waals surface area contributed by atoms with Gasteiger partial charge in [-0.05, 0) is 23.1 Å². The highest BCUT2D eigenvalue weighted by Crippen LogP contribution is 2.32. The van der Waals surface area contributed by atoms with Crippen LogP contribution in [0, 0.1) is 5.92 Å². The Balaban J connectivity index is 2.40. The summed E-state index contributed by atoms with van der Waals surface area (Å²) in [6.07, 6.45) is 1.26. The van der Waals surface area contributed by atoms with Crippen LogP contribution in [0.25, 0.3) is 0 Å². The Hall–Kier alpha value is 0.01000. The first-order chi connectivity index (χ1) is 6.77. The average Bonchev–Trinajstić information content (AvgIpc) is 2.72. The van der Waals surface area contributed by atoms with Crippen molar-refractivity contribution in [3.8, 4) is 0 Å². The van der Waals surface area contributed by atoms with Crippen molar-refractivity contribution >= 4 is 23.1 Å². The molecule has 0 saturated heterocycles. The van der Waals surface area contributed by atoms with Crippen LogP contribution in [-0.4, -0.2) is 12.3 Å². The molecular formula is C11H19NS2. The summed E-state index contributed by atoms with van der Waals surface area (Å²) in [5.74, 6) is 2.02. The molecule has 2 atom stereocenters. The third-order valence-corrected chi connectivity index (χ3v) is 5.10. The molecular weight excluding hydrogens is 210 g/mol. The fraction of sp³-hybridized carbons (Fsp3) is 0.636. The van der Waals surface area contributed by atoms with Crippen LogP contribution in [0.3, 0.4) is 0 Å². The first kappa shape index (κ1) is 12.1. The van der Waals surface area contributed by atoms with Crippen LogP contribution in [-0.2, 0) is 0 Å². The Morgan fingerprint density at radius 1 is 1.57 bits per heavy atom. The molecule has 0 spiro atoms. The number of hydrogen-bond donors (Lipinski definition) is 1. The van der Waals surface area contributed by atoms with E-state index in [1.165, 1.54) is 17.1 Å². The Morgan fingerprint density at radius 3 is 2.86 bits per heavy atom. The SMILES string of the molecule is CCC(C)CSC(CN)c1cccs1. The molecule has 80 valence electrons. The maximum absolute atomic E-state index is 5.78. The topological polar surface area (TPSA) is 26.0 Å². The van der Waals surface area contributed by atoms with Gasteiger partial charge in [-0.3, -0.25) is 0 Å². The molecule has 0 aliphatic rings. The van der Waals surface area contributed by atoms with Gasteiger partial charge in [0.1, 0.15) is 0 Å². The molecule has 1 rings (SSSR count). The molecule has 1 heterocycles. The second kappa shape index (κ2) is 6.49. The van der Waals surface area contributed by atoms with Crippen molar-refractivity contribution in [1.29, 1.82) is 0 Å². The van der Waals surface area contributed by atoms with Crippen molar-refractivity contribution in [3.05, 3.63) is 22.4 Å². The normalized spacial score (nSPS) is 15.4. The Morgan fingerprint density at radius 2 is 2.36 bits per heavy atom. The molecule has 0 aromatic carbocycles. The van der Waals surface area contributed by atoms with Crippen LogP contribution in [0.4, 0.5) is 0 Å². The lowest BCUT2D eigenvalue weighted by atomic mass is 10.2. The molecule has 0 aliphatic carbocycles. The molecule has 1 aromatic heterocycles. The summed E-state index contributed by atoms with van der Waals surface area (Å²) in [6, 6.07) is 4.29. The summed E-state index contributed by atoms with van der Waals surface area (Å²) in [5, 5.41) is 2.63. The van der Waals surface area contributed by atoms with Gasteiger partial charge < -0.3 is 5.73 Å². The van der Waals surface area contributed by atoms with Crippen LogP contribution < -0.4 is 5.73 Å². The van der Waals surface area contributed by atoms with Crippen LogP contribution in [0.1, 0.15) is 30.4 Å². The summed E-state index contributed by atoms with van der Waals surface area (Å²) >= 11 is 3.81. The summed E-state index contributed by atoms with van der Waals surface area (Å²) < 4.78 is 0. The number of rotatable bonds is 6. The molecule has 0 amide bonds. The lowest BCUT2D eigenvalue weighted by Gasteiger charge is -2.15. The molecule has 1 aromatic rings. The molecule has 3 heteroatoms. The van der Waals surface area contributed by atoms with E-state index in [0.717, 1.165) is 12.5 Å². The van der Waals surface area contributed by atoms with Crippen LogP contribution in [0.5, 0.6) is 0 Å². The predicted octanol–water partition coefficient (Wildman–Crippen LogP) is 3.53. The van der Waals surface area contributed by atoms with E-state index in [0.29, 0.717) is 5.25 Å². The first-order valence-electron chi connectivity index (χ1n) is 5.13. The molecule has 0 aliphatic heterocycles. The predicted molar refractivity (Wildman–Crippen MR) is 68.0 cm³/mol. The lowest BCUT2D eigenvalue weighted by molar-refractivity contribution is 0.635. The van der Waals surface area contributed by atoms with E-state index in [-0.39, 0.29) is 0 Å². The van der Waals surface area contributed by atoms with Gasteiger partial charge in [0.15, 0.2) is 0 Å². The molecule has 0 bridgehead atoms. The maximum Gasteiger partial charge on any atom is 0.0513 e. The fourth-order valence-electron chi connectivity index (χ4n) is 1.14. The number of hydrogen-bond acceptors (Lipinski definition) is 3. The monoisotopic (exact) mass is 229 g/mol. The van der Waals surface area contributed by atoms with Crippen molar-refractivity contribution in [1.82, 2.24) is 0 Å². The molecule has 0 fully saturated rings. The van der Waals surface area contributed by atoms with E-state index in [2.05, 4.69) is 31.4 Å². The molecule has 0 saturated carbocycles. The van der Waals surface area contributed by atoms with Crippen molar-refractivity contribution in [2.75, 3.05) is 12.3 Å². The molecule has 1 nitrogen and oxygen atoms in total. The Kier molecular flexibility index (Phi) is 5.60. The fourth-order valence-corrected chi connectivity index (χ4v) is 3.40. The number of thioether (sulfide) groups is 1. The van der Waals surface area contributed by atoms with Crippen LogP contribution in [0.15, 0.2) is 17.5 Å². The van der Waals surface area contributed by atoms with E-state index in [1.54, 1.807) is 0 Å². The van der Waals surface area contributed by atoms with Gasteiger partial charge in [-0.1, -0.05) is 26.3 Å². The minimum atomic E-state index is 0.504. The highest BCUT2D eigenvalue weighted by atomic mass is 32.2. The molecule has 2 unspecified atom stereocenters. The highest BCUT2D eigenvalue weighted by Gasteiger charge is 2.12. The molecule has 0 radical (unpaired) electrons. The Labute approximate surface area is 95.1 Å². The second-order valence-corrected chi connectivity index (χ2v) is 5.80. The van der Waals surface area contributed by atoms with Gasteiger partial charge in [-0.25, -0.2) is 0 Å². The van der Waals surface area contributed by atoms with Gasteiger partial charge in [0.25, 0.3) is 0 Å². The minimum absolute atomic E-state index is 0.504. The standard InChI is InChI=1S/C11H19NS2/c1-3-9(2)8-14-11(7-12)10-5-4-6-13-10/h4-6,9,11H,3,7-8,12H2,1-2H3. The third kappa shape index (κ3) is 3.64. The van der Waals surface area contributed by atoms with E-state index < -0.39 is 0 Å². The summed E-state index contributed by atoms with van der Waals surface area (Å²) in [5.41, 5.74) is 5.78. The molecule has 14 heavy (non-hydrogen) atoms. The second-order valence-electron chi connectivity index (χ2n) is 3.59. The maximum atomic E-state index is 5.78. The van der Waals surface area contributed by atoms with Crippen molar-refractivity contribution in [2.24, 2.45) is 11.7 Å². The minimum Gasteiger partial charge on any atom is -0.329 e. The van der Waals surface area contributed by atoms with Crippen LogP contribution in [0.2, 0.25) is 0 Å². The van der Waals surface area contributed by atoms with Gasteiger partial charge in [0, 0.05) is 11.4 Å². The summed E-state index contributed by atoms with van der Waals surface area (Å²) in [7, 11) is 0. The van der Waals surface area contributed by atoms with Gasteiger partial charge in [0.2, 0.25) is 0 Å². The van der Waals surface area contributed by atoms with Gasteiger partial charge in [0.05, 0.1) is 5.25 Å². The zero-order chi connectivity index (χ0) is 10.4. The zero-order valence-corrected chi connectivity index (χ0v) is 10.5. The van der Waals surface area contributed by atoms with Crippen molar-refractivity contribution < 1.29 is 0 Å². The summed E-state index contributed by atoms with van der Waals surface area (Å²) in [4.78, 5) is 1.42. The first-order valence-corrected chi connectivity index (χ1v) is 7.05. The lowest BCUT2D eigenvalue weighted by Crippen LogP contribution is -2.10. The van der Waals surface area contributed by atoms with Crippen LogP contribution >= 0.6 is 23.1 Å². The largest absolute Gasteiger partial charge is 0.329 e. The van der Waals surface area contributed by atoms with E-state index in [9.17, 15) is 0 Å². The van der Waals surface area contributed by atoms with Gasteiger partial charge in [-0.15, -0.1) is 11.3 Å². The number of nitrogens with two attached hydrogens (primary N) is 1. The van der Waals surface area contributed by atoms with E-state index >= 15 is 0 Å². The smallest absolute Gasteiger partial charge is 0.0513 e. The molecule has 2 N–H and O–H groups in total. The van der Waals surface area contributed by atoms with Gasteiger partial charge >= 0.3 is 0 Å². The average molecular weight is 229 g/mol.